The molecule has 0 aliphatic rings. The fourth-order valence-electron chi connectivity index (χ4n) is 2.32. The molecule has 2 aromatic heterocycles. The van der Waals surface area contributed by atoms with Crippen molar-refractivity contribution in [1.82, 2.24) is 14.5 Å². The van der Waals surface area contributed by atoms with E-state index in [9.17, 15) is 5.11 Å². The van der Waals surface area contributed by atoms with Crippen LogP contribution < -0.4 is 0 Å². The minimum Gasteiger partial charge on any atom is -0.379 e. The van der Waals surface area contributed by atoms with E-state index in [-0.39, 0.29) is 0 Å². The number of hydrogen-bond acceptors (Lipinski definition) is 3. The Hall–Kier alpha value is -2.72. The van der Waals surface area contributed by atoms with Crippen molar-refractivity contribution < 1.29 is 5.11 Å². The highest BCUT2D eigenvalue weighted by atomic mass is 16.3. The molecule has 1 N–H and O–H groups in total. The third-order valence-electron chi connectivity index (χ3n) is 3.50. The average molecular weight is 291 g/mol. The Morgan fingerprint density at radius 1 is 1.05 bits per heavy atom. The third-order valence-corrected chi connectivity index (χ3v) is 3.50. The Balaban J connectivity index is 1.94. The van der Waals surface area contributed by atoms with Crippen LogP contribution in [0.1, 0.15) is 11.1 Å². The largest absolute Gasteiger partial charge is 0.379 e. The maximum absolute atomic E-state index is 11.1. The molecule has 0 saturated heterocycles. The van der Waals surface area contributed by atoms with Crippen molar-refractivity contribution in [2.24, 2.45) is 0 Å². The summed E-state index contributed by atoms with van der Waals surface area (Å²) in [6, 6.07) is 13.6. The quantitative estimate of drug-likeness (QED) is 0.786. The second-order valence-corrected chi connectivity index (χ2v) is 5.14. The molecule has 1 atom stereocenters. The van der Waals surface area contributed by atoms with E-state index in [4.69, 9.17) is 0 Å². The average Bonchev–Trinajstić information content (AvgIpc) is 3.08. The molecule has 3 rings (SSSR count). The molecule has 3 aromatic rings. The van der Waals surface area contributed by atoms with Crippen LogP contribution in [0, 0.1) is 0 Å². The normalized spacial score (nSPS) is 14.0. The number of benzene rings is 1. The Morgan fingerprint density at radius 3 is 2.59 bits per heavy atom. The highest BCUT2D eigenvalue weighted by molar-refractivity contribution is 5.51. The van der Waals surface area contributed by atoms with E-state index in [0.29, 0.717) is 6.54 Å². The SMILES string of the molecule is O[C@@](/C=C\c1ccccc1)(Cn1ccnc1)c1cccnc1. The first-order valence-corrected chi connectivity index (χ1v) is 7.09. The van der Waals surface area contributed by atoms with Crippen LogP contribution in [0.4, 0.5) is 0 Å². The van der Waals surface area contributed by atoms with Crippen LogP contribution in [0.5, 0.6) is 0 Å². The van der Waals surface area contributed by atoms with Gasteiger partial charge in [-0.3, -0.25) is 4.98 Å². The van der Waals surface area contributed by atoms with Gasteiger partial charge in [-0.15, -0.1) is 0 Å². The standard InChI is InChI=1S/C18H17N3O/c22-18(14-21-12-11-20-15-21,17-7-4-10-19-13-17)9-8-16-5-2-1-3-6-16/h1-13,15,22H,14H2/b9-8-/t18-/m0/s1. The summed E-state index contributed by atoms with van der Waals surface area (Å²) in [5, 5.41) is 11.1. The van der Waals surface area contributed by atoms with Gasteiger partial charge in [0.25, 0.3) is 0 Å². The number of nitrogens with zero attached hydrogens (tertiary/aromatic N) is 3. The molecule has 110 valence electrons. The van der Waals surface area contributed by atoms with Gasteiger partial charge in [-0.2, -0.15) is 0 Å². The van der Waals surface area contributed by atoms with Crippen LogP contribution in [0.25, 0.3) is 6.08 Å². The first kappa shape index (κ1) is 14.2. The Morgan fingerprint density at radius 2 is 1.91 bits per heavy atom. The molecule has 4 nitrogen and oxygen atoms in total. The molecule has 0 radical (unpaired) electrons. The molecule has 0 spiro atoms. The lowest BCUT2D eigenvalue weighted by atomic mass is 9.93. The number of hydrogen-bond donors (Lipinski definition) is 1. The number of pyridine rings is 1. The monoisotopic (exact) mass is 291 g/mol. The zero-order valence-corrected chi connectivity index (χ0v) is 12.1. The molecule has 0 aliphatic carbocycles. The summed E-state index contributed by atoms with van der Waals surface area (Å²) >= 11 is 0. The van der Waals surface area contributed by atoms with Crippen molar-refractivity contribution in [1.29, 1.82) is 0 Å². The third kappa shape index (κ3) is 3.30. The van der Waals surface area contributed by atoms with Crippen LogP contribution in [0.3, 0.4) is 0 Å². The maximum atomic E-state index is 11.1. The van der Waals surface area contributed by atoms with Crippen LogP contribution in [0.2, 0.25) is 0 Å². The summed E-state index contributed by atoms with van der Waals surface area (Å²) in [6.07, 6.45) is 12.3. The Bertz CT molecular complexity index is 724. The highest BCUT2D eigenvalue weighted by Gasteiger charge is 2.26. The summed E-state index contributed by atoms with van der Waals surface area (Å²) in [5.74, 6) is 0. The summed E-state index contributed by atoms with van der Waals surface area (Å²) in [5.41, 5.74) is 0.636. The molecular formula is C18H17N3O. The number of imidazole rings is 1. The minimum absolute atomic E-state index is 0.377. The van der Waals surface area contributed by atoms with Gasteiger partial charge >= 0.3 is 0 Å². The van der Waals surface area contributed by atoms with E-state index in [1.54, 1.807) is 31.0 Å². The molecule has 4 heteroatoms. The lowest BCUT2D eigenvalue weighted by molar-refractivity contribution is 0.0701. The van der Waals surface area contributed by atoms with Gasteiger partial charge in [0.15, 0.2) is 0 Å². The van der Waals surface area contributed by atoms with Crippen molar-refractivity contribution in [3.63, 3.8) is 0 Å². The number of aromatic nitrogens is 3. The summed E-state index contributed by atoms with van der Waals surface area (Å²) < 4.78 is 1.85. The van der Waals surface area contributed by atoms with E-state index in [1.165, 1.54) is 0 Å². The molecule has 2 heterocycles. The van der Waals surface area contributed by atoms with Crippen molar-refractivity contribution >= 4 is 6.08 Å². The van der Waals surface area contributed by atoms with Crippen LogP contribution in [0.15, 0.2) is 79.7 Å². The molecule has 0 saturated carbocycles. The van der Waals surface area contributed by atoms with E-state index < -0.39 is 5.60 Å². The predicted molar refractivity (Wildman–Crippen MR) is 85.8 cm³/mol. The van der Waals surface area contributed by atoms with E-state index in [1.807, 2.05) is 59.3 Å². The lowest BCUT2D eigenvalue weighted by Crippen LogP contribution is -2.28. The van der Waals surface area contributed by atoms with Gasteiger partial charge in [-0.05, 0) is 17.7 Å². The van der Waals surface area contributed by atoms with E-state index >= 15 is 0 Å². The second-order valence-electron chi connectivity index (χ2n) is 5.14. The smallest absolute Gasteiger partial charge is 0.127 e. The minimum atomic E-state index is -1.15. The highest BCUT2D eigenvalue weighted by Crippen LogP contribution is 2.25. The Kier molecular flexibility index (Phi) is 4.12. The van der Waals surface area contributed by atoms with Crippen molar-refractivity contribution in [2.75, 3.05) is 0 Å². The molecule has 0 unspecified atom stereocenters. The van der Waals surface area contributed by atoms with Gasteiger partial charge < -0.3 is 9.67 Å². The maximum Gasteiger partial charge on any atom is 0.127 e. The molecule has 0 bridgehead atoms. The van der Waals surface area contributed by atoms with E-state index in [2.05, 4.69) is 9.97 Å². The zero-order chi connectivity index (χ0) is 15.3. The fourth-order valence-corrected chi connectivity index (χ4v) is 2.32. The molecule has 0 aliphatic heterocycles. The topological polar surface area (TPSA) is 50.9 Å². The van der Waals surface area contributed by atoms with Gasteiger partial charge in [0.05, 0.1) is 12.9 Å². The zero-order valence-electron chi connectivity index (χ0n) is 12.1. The van der Waals surface area contributed by atoms with Gasteiger partial charge in [-0.25, -0.2) is 4.98 Å². The summed E-state index contributed by atoms with van der Waals surface area (Å²) in [4.78, 5) is 8.15. The summed E-state index contributed by atoms with van der Waals surface area (Å²) in [6.45, 7) is 0.377. The van der Waals surface area contributed by atoms with Crippen LogP contribution >= 0.6 is 0 Å². The first-order chi connectivity index (χ1) is 10.8. The van der Waals surface area contributed by atoms with Crippen molar-refractivity contribution in [2.45, 2.75) is 12.1 Å². The predicted octanol–water partition coefficient (Wildman–Crippen LogP) is 2.88. The van der Waals surface area contributed by atoms with Gasteiger partial charge in [-0.1, -0.05) is 42.5 Å². The second kappa shape index (κ2) is 6.37. The fraction of sp³-hybridized carbons (Fsp3) is 0.111. The van der Waals surface area contributed by atoms with E-state index in [0.717, 1.165) is 11.1 Å². The van der Waals surface area contributed by atoms with Gasteiger partial charge in [0.1, 0.15) is 5.60 Å². The summed E-state index contributed by atoms with van der Waals surface area (Å²) in [7, 11) is 0. The molecule has 22 heavy (non-hydrogen) atoms. The number of rotatable bonds is 5. The first-order valence-electron chi connectivity index (χ1n) is 7.09. The molecular weight excluding hydrogens is 274 g/mol. The van der Waals surface area contributed by atoms with Crippen LogP contribution in [-0.2, 0) is 12.1 Å². The van der Waals surface area contributed by atoms with Crippen molar-refractivity contribution in [3.8, 4) is 0 Å². The molecule has 1 aromatic carbocycles. The molecule has 0 fully saturated rings. The van der Waals surface area contributed by atoms with Crippen LogP contribution in [-0.4, -0.2) is 19.6 Å². The van der Waals surface area contributed by atoms with Gasteiger partial charge in [0.2, 0.25) is 0 Å². The number of aliphatic hydroxyl groups is 1. The lowest BCUT2D eigenvalue weighted by Gasteiger charge is -2.25. The Labute approximate surface area is 129 Å². The molecule has 0 amide bonds. The van der Waals surface area contributed by atoms with Gasteiger partial charge in [0, 0.05) is 30.4 Å². The van der Waals surface area contributed by atoms with Crippen molar-refractivity contribution in [3.05, 3.63) is 90.8 Å².